The van der Waals surface area contributed by atoms with Crippen molar-refractivity contribution in [2.75, 3.05) is 37.2 Å². The van der Waals surface area contributed by atoms with Crippen molar-refractivity contribution in [3.05, 3.63) is 42.0 Å². The minimum absolute atomic E-state index is 0.367. The lowest BCUT2D eigenvalue weighted by atomic mass is 10.2. The molecule has 110 valence electrons. The molecule has 0 atom stereocenters. The van der Waals surface area contributed by atoms with Gasteiger partial charge in [0.2, 0.25) is 0 Å². The van der Waals surface area contributed by atoms with Crippen molar-refractivity contribution in [2.45, 2.75) is 0 Å². The topological polar surface area (TPSA) is 80.5 Å². The van der Waals surface area contributed by atoms with Gasteiger partial charge in [-0.15, -0.1) is 0 Å². The summed E-state index contributed by atoms with van der Waals surface area (Å²) in [4.78, 5) is 17.7. The molecule has 0 bridgehead atoms. The van der Waals surface area contributed by atoms with Crippen LogP contribution in [-0.2, 0) is 4.74 Å². The smallest absolute Gasteiger partial charge is 0.337 e. The van der Waals surface area contributed by atoms with Gasteiger partial charge in [0, 0.05) is 19.8 Å². The van der Waals surface area contributed by atoms with Gasteiger partial charge in [-0.05, 0) is 36.4 Å². The van der Waals surface area contributed by atoms with Gasteiger partial charge in [0.1, 0.15) is 5.82 Å². The van der Waals surface area contributed by atoms with Gasteiger partial charge in [0.25, 0.3) is 0 Å². The zero-order valence-corrected chi connectivity index (χ0v) is 12.3. The fourth-order valence-electron chi connectivity index (χ4n) is 1.75. The van der Waals surface area contributed by atoms with E-state index in [0.717, 1.165) is 11.5 Å². The fraction of sp³-hybridized carbons (Fsp3) is 0.200. The van der Waals surface area contributed by atoms with Crippen LogP contribution in [0.15, 0.2) is 36.4 Å². The van der Waals surface area contributed by atoms with E-state index in [1.165, 1.54) is 7.11 Å². The molecule has 2 rings (SSSR count). The normalized spacial score (nSPS) is 10.0. The van der Waals surface area contributed by atoms with Crippen LogP contribution in [0.3, 0.4) is 0 Å². The average Bonchev–Trinajstić information content (AvgIpc) is 2.49. The molecule has 0 aliphatic heterocycles. The third kappa shape index (κ3) is 3.42. The van der Waals surface area contributed by atoms with Crippen molar-refractivity contribution in [1.29, 1.82) is 0 Å². The third-order valence-corrected chi connectivity index (χ3v) is 2.94. The second-order valence-electron chi connectivity index (χ2n) is 4.70. The summed E-state index contributed by atoms with van der Waals surface area (Å²) >= 11 is 0. The molecule has 1 aromatic carbocycles. The number of nitrogens with two attached hydrogens (primary N) is 1. The molecule has 0 fully saturated rings. The number of pyridine rings is 1. The Balaban J connectivity index is 2.22. The molecule has 1 aromatic heterocycles. The van der Waals surface area contributed by atoms with Gasteiger partial charge in [-0.2, -0.15) is 0 Å². The molecular weight excluding hydrogens is 268 g/mol. The fourth-order valence-corrected chi connectivity index (χ4v) is 1.75. The highest BCUT2D eigenvalue weighted by Crippen LogP contribution is 2.24. The van der Waals surface area contributed by atoms with E-state index in [-0.39, 0.29) is 5.97 Å². The Morgan fingerprint density at radius 2 is 1.86 bits per heavy atom. The molecule has 0 aliphatic rings. The van der Waals surface area contributed by atoms with Crippen LogP contribution < -0.4 is 16.0 Å². The molecule has 6 heteroatoms. The maximum atomic E-state index is 11.4. The summed E-state index contributed by atoms with van der Waals surface area (Å²) < 4.78 is 4.66. The lowest BCUT2D eigenvalue weighted by Gasteiger charge is -2.15. The quantitative estimate of drug-likeness (QED) is 0.839. The van der Waals surface area contributed by atoms with Crippen molar-refractivity contribution in [1.82, 2.24) is 4.98 Å². The van der Waals surface area contributed by atoms with Gasteiger partial charge >= 0.3 is 5.97 Å². The Morgan fingerprint density at radius 3 is 2.43 bits per heavy atom. The molecule has 0 amide bonds. The Morgan fingerprint density at radius 1 is 1.19 bits per heavy atom. The molecule has 0 unspecified atom stereocenters. The molecule has 0 radical (unpaired) electrons. The highest BCUT2D eigenvalue weighted by atomic mass is 16.5. The minimum Gasteiger partial charge on any atom is -0.465 e. The summed E-state index contributed by atoms with van der Waals surface area (Å²) in [6.45, 7) is 0. The number of carbonyl (C=O) groups excluding carboxylic acids is 1. The van der Waals surface area contributed by atoms with Crippen LogP contribution in [0.25, 0.3) is 0 Å². The number of ether oxygens (including phenoxy) is 1. The van der Waals surface area contributed by atoms with Gasteiger partial charge in [-0.25, -0.2) is 9.78 Å². The molecular formula is C15H18N4O2. The molecule has 6 nitrogen and oxygen atoms in total. The van der Waals surface area contributed by atoms with E-state index in [0.29, 0.717) is 17.1 Å². The van der Waals surface area contributed by atoms with Crippen molar-refractivity contribution in [3.8, 4) is 0 Å². The Kier molecular flexibility index (Phi) is 4.27. The summed E-state index contributed by atoms with van der Waals surface area (Å²) in [6.07, 6.45) is 0. The van der Waals surface area contributed by atoms with Gasteiger partial charge in [-0.1, -0.05) is 0 Å². The highest BCUT2D eigenvalue weighted by molar-refractivity contribution is 5.89. The number of hydrogen-bond donors (Lipinski definition) is 2. The maximum Gasteiger partial charge on any atom is 0.337 e. The monoisotopic (exact) mass is 286 g/mol. The predicted molar refractivity (Wildman–Crippen MR) is 84.0 cm³/mol. The molecule has 21 heavy (non-hydrogen) atoms. The zero-order valence-electron chi connectivity index (χ0n) is 12.3. The van der Waals surface area contributed by atoms with Gasteiger partial charge < -0.3 is 20.7 Å². The van der Waals surface area contributed by atoms with Crippen LogP contribution in [0.4, 0.5) is 23.0 Å². The largest absolute Gasteiger partial charge is 0.465 e. The number of nitrogens with one attached hydrogen (secondary N) is 1. The number of carbonyl (C=O) groups is 1. The number of nitrogen functional groups attached to an aromatic ring is 1. The summed E-state index contributed by atoms with van der Waals surface area (Å²) in [5.41, 5.74) is 7.75. The van der Waals surface area contributed by atoms with Crippen molar-refractivity contribution >= 4 is 29.0 Å². The van der Waals surface area contributed by atoms with Crippen LogP contribution in [0.2, 0.25) is 0 Å². The SMILES string of the molecule is COC(=O)c1ccc(Nc2nc(N(C)C)ccc2N)cc1. The number of hydrogen-bond acceptors (Lipinski definition) is 6. The first kappa shape index (κ1) is 14.6. The average molecular weight is 286 g/mol. The Bertz CT molecular complexity index is 639. The molecule has 0 spiro atoms. The number of aromatic nitrogens is 1. The van der Waals surface area contributed by atoms with E-state index in [1.54, 1.807) is 30.3 Å². The van der Waals surface area contributed by atoms with Gasteiger partial charge in [-0.3, -0.25) is 0 Å². The van der Waals surface area contributed by atoms with Crippen molar-refractivity contribution in [2.24, 2.45) is 0 Å². The lowest BCUT2D eigenvalue weighted by Crippen LogP contribution is -2.12. The molecule has 2 aromatic rings. The number of methoxy groups -OCH3 is 1. The first-order valence-electron chi connectivity index (χ1n) is 6.40. The highest BCUT2D eigenvalue weighted by Gasteiger charge is 2.07. The van der Waals surface area contributed by atoms with E-state index in [2.05, 4.69) is 15.0 Å². The third-order valence-electron chi connectivity index (χ3n) is 2.94. The maximum absolute atomic E-state index is 11.4. The number of esters is 1. The second-order valence-corrected chi connectivity index (χ2v) is 4.70. The first-order chi connectivity index (χ1) is 10.0. The lowest BCUT2D eigenvalue weighted by molar-refractivity contribution is 0.0601. The van der Waals surface area contributed by atoms with Crippen molar-refractivity contribution < 1.29 is 9.53 Å². The molecule has 1 heterocycles. The summed E-state index contributed by atoms with van der Waals surface area (Å²) in [6, 6.07) is 10.6. The Labute approximate surface area is 123 Å². The minimum atomic E-state index is -0.367. The molecule has 0 aliphatic carbocycles. The van der Waals surface area contributed by atoms with E-state index in [1.807, 2.05) is 25.1 Å². The standard InChI is InChI=1S/C15H18N4O2/c1-19(2)13-9-8-12(16)14(18-13)17-11-6-4-10(5-7-11)15(20)21-3/h4-9H,16H2,1-3H3,(H,17,18). The predicted octanol–water partition coefficient (Wildman–Crippen LogP) is 2.26. The van der Waals surface area contributed by atoms with Crippen LogP contribution in [0.5, 0.6) is 0 Å². The number of benzene rings is 1. The van der Waals surface area contributed by atoms with Gasteiger partial charge in [0.05, 0.1) is 18.4 Å². The number of rotatable bonds is 4. The molecule has 3 N–H and O–H groups in total. The van der Waals surface area contributed by atoms with E-state index >= 15 is 0 Å². The van der Waals surface area contributed by atoms with Crippen molar-refractivity contribution in [3.63, 3.8) is 0 Å². The van der Waals surface area contributed by atoms with Crippen LogP contribution in [0.1, 0.15) is 10.4 Å². The molecule has 0 saturated carbocycles. The van der Waals surface area contributed by atoms with Crippen LogP contribution in [0, 0.1) is 0 Å². The van der Waals surface area contributed by atoms with Crippen LogP contribution >= 0.6 is 0 Å². The number of nitrogens with zero attached hydrogens (tertiary/aromatic N) is 2. The summed E-state index contributed by atoms with van der Waals surface area (Å²) in [7, 11) is 5.17. The van der Waals surface area contributed by atoms with E-state index < -0.39 is 0 Å². The number of anilines is 4. The Hall–Kier alpha value is -2.76. The summed E-state index contributed by atoms with van der Waals surface area (Å²) in [5, 5.41) is 3.14. The first-order valence-corrected chi connectivity index (χ1v) is 6.40. The summed E-state index contributed by atoms with van der Waals surface area (Å²) in [5.74, 6) is 1.01. The zero-order chi connectivity index (χ0) is 15.4. The van der Waals surface area contributed by atoms with Crippen LogP contribution in [-0.4, -0.2) is 32.2 Å². The van der Waals surface area contributed by atoms with E-state index in [9.17, 15) is 4.79 Å². The van der Waals surface area contributed by atoms with E-state index in [4.69, 9.17) is 5.73 Å². The molecule has 0 saturated heterocycles. The second kappa shape index (κ2) is 6.13. The van der Waals surface area contributed by atoms with Gasteiger partial charge in [0.15, 0.2) is 5.82 Å².